The Kier molecular flexibility index (Phi) is 5.20. The molecule has 2 amide bonds. The van der Waals surface area contributed by atoms with E-state index in [4.69, 9.17) is 11.6 Å². The van der Waals surface area contributed by atoms with E-state index in [0.29, 0.717) is 16.3 Å². The van der Waals surface area contributed by atoms with Crippen LogP contribution in [-0.4, -0.2) is 27.7 Å². The monoisotopic (exact) mass is 399 g/mol. The van der Waals surface area contributed by atoms with Gasteiger partial charge >= 0.3 is 0 Å². The molecule has 0 aromatic heterocycles. The smallest absolute Gasteiger partial charge is 0.278 e. The van der Waals surface area contributed by atoms with Crippen molar-refractivity contribution in [3.8, 4) is 0 Å². The van der Waals surface area contributed by atoms with Crippen LogP contribution < -0.4 is 5.32 Å². The van der Waals surface area contributed by atoms with Crippen LogP contribution in [-0.2, 0) is 9.59 Å². The Morgan fingerprint density at radius 1 is 1.07 bits per heavy atom. The number of nitro groups is 1. The third-order valence-corrected chi connectivity index (χ3v) is 4.68. The van der Waals surface area contributed by atoms with E-state index >= 15 is 0 Å². The molecule has 0 aliphatic carbocycles. The van der Waals surface area contributed by atoms with Gasteiger partial charge in [0.15, 0.2) is 0 Å². The first-order valence-electron chi connectivity index (χ1n) is 8.61. The fourth-order valence-corrected chi connectivity index (χ4v) is 3.28. The summed E-state index contributed by atoms with van der Waals surface area (Å²) in [6, 6.07) is 10.4. The molecule has 7 nitrogen and oxygen atoms in total. The largest absolute Gasteiger partial charge is 0.350 e. The highest BCUT2D eigenvalue weighted by atomic mass is 35.5. The van der Waals surface area contributed by atoms with Gasteiger partial charge in [0.05, 0.1) is 10.5 Å². The summed E-state index contributed by atoms with van der Waals surface area (Å²) in [5.41, 5.74) is 2.11. The molecule has 3 rings (SSSR count). The maximum atomic E-state index is 13.0. The van der Waals surface area contributed by atoms with Crippen LogP contribution in [0.15, 0.2) is 48.2 Å². The van der Waals surface area contributed by atoms with Crippen molar-refractivity contribution in [3.63, 3.8) is 0 Å². The summed E-state index contributed by atoms with van der Waals surface area (Å²) >= 11 is 5.99. The van der Waals surface area contributed by atoms with Crippen molar-refractivity contribution in [2.75, 3.05) is 5.32 Å². The molecule has 1 aliphatic heterocycles. The van der Waals surface area contributed by atoms with Crippen LogP contribution in [0.5, 0.6) is 0 Å². The molecule has 0 unspecified atom stereocenters. The molecule has 0 radical (unpaired) electrons. The van der Waals surface area contributed by atoms with E-state index in [1.807, 2.05) is 6.92 Å². The average Bonchev–Trinajstić information content (AvgIpc) is 2.87. The molecule has 28 heavy (non-hydrogen) atoms. The Labute approximate surface area is 166 Å². The van der Waals surface area contributed by atoms with E-state index < -0.39 is 16.7 Å². The van der Waals surface area contributed by atoms with Crippen molar-refractivity contribution in [1.82, 2.24) is 4.90 Å². The normalized spacial score (nSPS) is 14.2. The van der Waals surface area contributed by atoms with Gasteiger partial charge < -0.3 is 5.32 Å². The Bertz CT molecular complexity index is 1010. The number of anilines is 1. The molecular formula is C20H18ClN3O4. The number of carbonyl (C=O) groups is 2. The van der Waals surface area contributed by atoms with Gasteiger partial charge in [-0.3, -0.25) is 24.6 Å². The van der Waals surface area contributed by atoms with E-state index in [1.165, 1.54) is 29.2 Å². The van der Waals surface area contributed by atoms with Crippen molar-refractivity contribution < 1.29 is 14.5 Å². The highest BCUT2D eigenvalue weighted by Gasteiger charge is 2.40. The summed E-state index contributed by atoms with van der Waals surface area (Å²) in [5.74, 6) is -0.884. The number of halogens is 1. The molecule has 2 aromatic carbocycles. The van der Waals surface area contributed by atoms with Gasteiger partial charge in [-0.25, -0.2) is 0 Å². The zero-order chi connectivity index (χ0) is 20.6. The minimum Gasteiger partial charge on any atom is -0.350 e. The SMILES string of the molecule is Cc1cc(Cl)ccc1NC1=C(c2ccc([N+](=O)[O-])cc2)C(=O)N(C(C)C)C1=O. The quantitative estimate of drug-likeness (QED) is 0.463. The number of hydrogen-bond acceptors (Lipinski definition) is 5. The van der Waals surface area contributed by atoms with Crippen LogP contribution in [0.1, 0.15) is 25.0 Å². The average molecular weight is 400 g/mol. The zero-order valence-electron chi connectivity index (χ0n) is 15.5. The molecular weight excluding hydrogens is 382 g/mol. The van der Waals surface area contributed by atoms with Crippen molar-refractivity contribution in [3.05, 3.63) is 74.4 Å². The van der Waals surface area contributed by atoms with Crippen LogP contribution in [0.25, 0.3) is 5.57 Å². The molecule has 0 atom stereocenters. The van der Waals surface area contributed by atoms with E-state index in [0.717, 1.165) is 5.56 Å². The summed E-state index contributed by atoms with van der Waals surface area (Å²) in [6.45, 7) is 5.33. The summed E-state index contributed by atoms with van der Waals surface area (Å²) < 4.78 is 0. The standard InChI is InChI=1S/C20H18ClN3O4/c1-11(2)23-19(25)17(13-4-7-15(8-5-13)24(27)28)18(20(23)26)22-16-9-6-14(21)10-12(16)3/h4-11,22H,1-3H3. The van der Waals surface area contributed by atoms with Gasteiger partial charge in [-0.1, -0.05) is 11.6 Å². The number of rotatable bonds is 5. The number of hydrogen-bond donors (Lipinski definition) is 1. The second-order valence-electron chi connectivity index (χ2n) is 6.71. The van der Waals surface area contributed by atoms with Crippen molar-refractivity contribution in [1.29, 1.82) is 0 Å². The predicted molar refractivity (Wildman–Crippen MR) is 107 cm³/mol. The number of carbonyl (C=O) groups excluding carboxylic acids is 2. The van der Waals surface area contributed by atoms with Crippen molar-refractivity contribution >= 4 is 40.4 Å². The molecule has 1 heterocycles. The van der Waals surface area contributed by atoms with Crippen molar-refractivity contribution in [2.45, 2.75) is 26.8 Å². The molecule has 2 aromatic rings. The number of benzene rings is 2. The topological polar surface area (TPSA) is 92.6 Å². The molecule has 144 valence electrons. The molecule has 0 saturated carbocycles. The van der Waals surface area contributed by atoms with Gasteiger partial charge in [0.25, 0.3) is 17.5 Å². The summed E-state index contributed by atoms with van der Waals surface area (Å²) in [5, 5.41) is 14.5. The Hall–Kier alpha value is -3.19. The zero-order valence-corrected chi connectivity index (χ0v) is 16.3. The molecule has 0 fully saturated rings. The minimum absolute atomic E-state index is 0.0927. The Morgan fingerprint density at radius 3 is 2.25 bits per heavy atom. The third kappa shape index (κ3) is 3.48. The van der Waals surface area contributed by atoms with Gasteiger partial charge in [-0.2, -0.15) is 0 Å². The van der Waals surface area contributed by atoms with E-state index in [2.05, 4.69) is 5.32 Å². The molecule has 0 saturated heterocycles. The van der Waals surface area contributed by atoms with E-state index in [9.17, 15) is 19.7 Å². The van der Waals surface area contributed by atoms with Crippen LogP contribution in [0, 0.1) is 17.0 Å². The molecule has 8 heteroatoms. The number of amides is 2. The first kappa shape index (κ1) is 19.6. The Morgan fingerprint density at radius 2 is 1.71 bits per heavy atom. The molecule has 0 bridgehead atoms. The number of imide groups is 1. The molecule has 1 N–H and O–H groups in total. The van der Waals surface area contributed by atoms with Gasteiger partial charge in [-0.15, -0.1) is 0 Å². The molecule has 0 spiro atoms. The number of nitrogens with one attached hydrogen (secondary N) is 1. The number of nitro benzene ring substituents is 1. The van der Waals surface area contributed by atoms with E-state index in [1.54, 1.807) is 32.0 Å². The van der Waals surface area contributed by atoms with Crippen LogP contribution in [0.4, 0.5) is 11.4 Å². The maximum Gasteiger partial charge on any atom is 0.278 e. The minimum atomic E-state index is -0.517. The summed E-state index contributed by atoms with van der Waals surface area (Å²) in [7, 11) is 0. The third-order valence-electron chi connectivity index (χ3n) is 4.45. The van der Waals surface area contributed by atoms with Gasteiger partial charge in [0.2, 0.25) is 0 Å². The highest BCUT2D eigenvalue weighted by Crippen LogP contribution is 2.33. The van der Waals surface area contributed by atoms with Crippen molar-refractivity contribution in [2.24, 2.45) is 0 Å². The van der Waals surface area contributed by atoms with Gasteiger partial charge in [0.1, 0.15) is 5.70 Å². The van der Waals surface area contributed by atoms with Crippen LogP contribution in [0.2, 0.25) is 5.02 Å². The lowest BCUT2D eigenvalue weighted by molar-refractivity contribution is -0.384. The fraction of sp³-hybridized carbons (Fsp3) is 0.200. The summed E-state index contributed by atoms with van der Waals surface area (Å²) in [4.78, 5) is 37.5. The summed E-state index contributed by atoms with van der Waals surface area (Å²) in [6.07, 6.45) is 0. The number of aryl methyl sites for hydroxylation is 1. The fourth-order valence-electron chi connectivity index (χ4n) is 3.05. The second kappa shape index (κ2) is 7.44. The lowest BCUT2D eigenvalue weighted by Crippen LogP contribution is -2.38. The van der Waals surface area contributed by atoms with Crippen LogP contribution in [0.3, 0.4) is 0 Å². The van der Waals surface area contributed by atoms with Gasteiger partial charge in [-0.05, 0) is 62.2 Å². The van der Waals surface area contributed by atoms with Gasteiger partial charge in [0, 0.05) is 28.9 Å². The van der Waals surface area contributed by atoms with Crippen LogP contribution >= 0.6 is 11.6 Å². The highest BCUT2D eigenvalue weighted by molar-refractivity contribution is 6.36. The number of nitrogens with zero attached hydrogens (tertiary/aromatic N) is 2. The first-order valence-corrected chi connectivity index (χ1v) is 8.98. The van der Waals surface area contributed by atoms with E-state index in [-0.39, 0.29) is 23.0 Å². The second-order valence-corrected chi connectivity index (χ2v) is 7.15. The number of non-ortho nitro benzene ring substituents is 1. The predicted octanol–water partition coefficient (Wildman–Crippen LogP) is 4.16. The lowest BCUT2D eigenvalue weighted by Gasteiger charge is -2.19. The Balaban J connectivity index is 2.11. The molecule has 1 aliphatic rings. The first-order chi connectivity index (χ1) is 13.2. The maximum absolute atomic E-state index is 13.0. The lowest BCUT2D eigenvalue weighted by atomic mass is 10.0.